The lowest BCUT2D eigenvalue weighted by atomic mass is 9.76. The molecule has 0 fully saturated rings. The van der Waals surface area contributed by atoms with E-state index in [1.807, 2.05) is 6.07 Å². The standard InChI is InChI=1S/C21H20N2O3.C4H6O6/c1-12-16-10-23-8-7-14-13-5-3-4-6-18(13)22-20(14)19(23)9-15(16)17(11-26-12)21(24)25-2;5-1(3(7)8)2(6)4(9)10/h3-8,11-12,15-16H,9-10H2,1-2H3;1-2,5-6H,(H,7,8)(H,9,10)/t12-,15?,16?;/m0./s1. The van der Waals surface area contributed by atoms with Crippen LogP contribution in [-0.4, -0.2) is 63.6 Å². The number of rotatable bonds is 4. The lowest BCUT2D eigenvalue weighted by molar-refractivity contribution is -0.717. The zero-order valence-electron chi connectivity index (χ0n) is 19.6. The Kier molecular flexibility index (Phi) is 6.95. The molecule has 4 N–H and O–H groups in total. The molecule has 0 saturated heterocycles. The molecule has 0 saturated carbocycles. The number of aliphatic hydroxyl groups is 2. The van der Waals surface area contributed by atoms with Crippen LogP contribution < -0.4 is 9.67 Å². The van der Waals surface area contributed by atoms with Gasteiger partial charge in [-0.15, -0.1) is 0 Å². The zero-order chi connectivity index (χ0) is 26.1. The van der Waals surface area contributed by atoms with E-state index < -0.39 is 24.1 Å². The number of aromatic nitrogens is 2. The van der Waals surface area contributed by atoms with Gasteiger partial charge in [0.15, 0.2) is 18.8 Å². The van der Waals surface area contributed by atoms with Gasteiger partial charge in [0, 0.05) is 34.7 Å². The quantitative estimate of drug-likeness (QED) is 0.271. The Morgan fingerprint density at radius 3 is 2.53 bits per heavy atom. The number of methoxy groups -OCH3 is 1. The third-order valence-corrected chi connectivity index (χ3v) is 6.77. The number of hydrogen-bond acceptors (Lipinski definition) is 8. The Morgan fingerprint density at radius 2 is 1.89 bits per heavy atom. The van der Waals surface area contributed by atoms with Crippen molar-refractivity contribution in [3.05, 3.63) is 54.1 Å². The molecule has 2 aliphatic rings. The second-order valence-corrected chi connectivity index (χ2v) is 8.80. The smallest absolute Gasteiger partial charge is 0.337 e. The number of nitrogens with one attached hydrogen (secondary N) is 1. The number of hydrogen-bond donors (Lipinski definition) is 4. The summed E-state index contributed by atoms with van der Waals surface area (Å²) in [6, 6.07) is 10.5. The lowest BCUT2D eigenvalue weighted by Crippen LogP contribution is -2.53. The van der Waals surface area contributed by atoms with Crippen LogP contribution >= 0.6 is 0 Å². The number of para-hydroxylation sites is 1. The van der Waals surface area contributed by atoms with Crippen molar-refractivity contribution in [3.8, 4) is 0 Å². The molecule has 2 aromatic heterocycles. The highest BCUT2D eigenvalue weighted by molar-refractivity contribution is 6.07. The van der Waals surface area contributed by atoms with Gasteiger partial charge in [-0.05, 0) is 13.0 Å². The molecule has 190 valence electrons. The molecule has 0 amide bonds. The number of carbonyl (C=O) groups is 3. The molecule has 5 rings (SSSR count). The topological polar surface area (TPSA) is 173 Å². The Labute approximate surface area is 205 Å². The van der Waals surface area contributed by atoms with Crippen LogP contribution in [0.25, 0.3) is 21.8 Å². The molecule has 5 atom stereocenters. The molecule has 0 spiro atoms. The number of carbonyl (C=O) groups excluding carboxylic acids is 2. The van der Waals surface area contributed by atoms with Crippen LogP contribution in [-0.2, 0) is 36.8 Å². The van der Waals surface area contributed by atoms with Crippen molar-refractivity contribution >= 4 is 39.7 Å². The molecule has 4 heterocycles. The summed E-state index contributed by atoms with van der Waals surface area (Å²) in [6.45, 7) is 2.91. The van der Waals surface area contributed by atoms with E-state index in [4.69, 9.17) is 24.8 Å². The molecule has 1 aromatic carbocycles. The van der Waals surface area contributed by atoms with Crippen molar-refractivity contribution in [2.24, 2.45) is 11.8 Å². The molecule has 36 heavy (non-hydrogen) atoms. The maximum atomic E-state index is 12.3. The first-order valence-corrected chi connectivity index (χ1v) is 11.3. The van der Waals surface area contributed by atoms with Crippen molar-refractivity contribution in [3.63, 3.8) is 0 Å². The Hall–Kier alpha value is -3.96. The number of carboxylic acids is 2. The molecular weight excluding hydrogens is 472 g/mol. The van der Waals surface area contributed by atoms with Crippen LogP contribution in [0.1, 0.15) is 12.6 Å². The minimum absolute atomic E-state index is 0.0764. The molecule has 2 aliphatic heterocycles. The number of H-pyrrole nitrogens is 1. The molecule has 3 aromatic rings. The second-order valence-electron chi connectivity index (χ2n) is 8.80. The number of pyridine rings is 1. The SMILES string of the molecule is COC(=O)C1=CO[C@@H](C)C2C[n+]3ccc4c([nH]c5ccccc54)c3CC12.O=C([O-])C(O)C(O)C(=O)O. The summed E-state index contributed by atoms with van der Waals surface area (Å²) >= 11 is 0. The minimum atomic E-state index is -2.38. The van der Waals surface area contributed by atoms with Crippen LogP contribution in [0, 0.1) is 11.8 Å². The average Bonchev–Trinajstić information content (AvgIpc) is 3.26. The van der Waals surface area contributed by atoms with Crippen molar-refractivity contribution in [2.45, 2.75) is 38.2 Å². The van der Waals surface area contributed by atoms with Gasteiger partial charge >= 0.3 is 11.9 Å². The summed E-state index contributed by atoms with van der Waals surface area (Å²) in [5, 5.41) is 36.6. The fraction of sp³-hybridized carbons (Fsp3) is 0.360. The predicted molar refractivity (Wildman–Crippen MR) is 122 cm³/mol. The Balaban J connectivity index is 0.000000261. The van der Waals surface area contributed by atoms with Gasteiger partial charge in [-0.2, -0.15) is 0 Å². The molecule has 0 bridgehead atoms. The number of ether oxygens (including phenoxy) is 2. The fourth-order valence-corrected chi connectivity index (χ4v) is 4.83. The van der Waals surface area contributed by atoms with Gasteiger partial charge in [0.25, 0.3) is 0 Å². The zero-order valence-corrected chi connectivity index (χ0v) is 19.6. The maximum Gasteiger partial charge on any atom is 0.337 e. The Morgan fingerprint density at radius 1 is 1.17 bits per heavy atom. The van der Waals surface area contributed by atoms with Crippen LogP contribution in [0.15, 0.2) is 48.4 Å². The van der Waals surface area contributed by atoms with E-state index in [0.717, 1.165) is 24.0 Å². The summed E-state index contributed by atoms with van der Waals surface area (Å²) in [5.74, 6) is -3.74. The maximum absolute atomic E-state index is 12.3. The number of aliphatic hydroxyl groups excluding tert-OH is 2. The first-order chi connectivity index (χ1) is 17.1. The number of benzene rings is 1. The van der Waals surface area contributed by atoms with Gasteiger partial charge in [-0.3, -0.25) is 0 Å². The Bertz CT molecular complexity index is 1340. The van der Waals surface area contributed by atoms with Crippen molar-refractivity contribution in [1.82, 2.24) is 4.98 Å². The van der Waals surface area contributed by atoms with E-state index in [1.54, 1.807) is 6.26 Å². The van der Waals surface area contributed by atoms with Crippen LogP contribution in [0.2, 0.25) is 0 Å². The normalized spacial score (nSPS) is 22.1. The highest BCUT2D eigenvalue weighted by Crippen LogP contribution is 2.38. The van der Waals surface area contributed by atoms with Gasteiger partial charge in [0.2, 0.25) is 5.69 Å². The van der Waals surface area contributed by atoms with Crippen molar-refractivity contribution in [1.29, 1.82) is 0 Å². The third-order valence-electron chi connectivity index (χ3n) is 6.77. The summed E-state index contributed by atoms with van der Waals surface area (Å²) in [5.41, 5.74) is 4.19. The summed E-state index contributed by atoms with van der Waals surface area (Å²) in [7, 11) is 1.43. The number of aromatic amines is 1. The summed E-state index contributed by atoms with van der Waals surface area (Å²) in [4.78, 5) is 35.2. The number of fused-ring (bicyclic) bond motifs is 6. The monoisotopic (exact) mass is 498 g/mol. The van der Waals surface area contributed by atoms with Gasteiger partial charge in [-0.1, -0.05) is 18.2 Å². The van der Waals surface area contributed by atoms with E-state index in [0.29, 0.717) is 5.57 Å². The summed E-state index contributed by atoms with van der Waals surface area (Å²) < 4.78 is 13.0. The largest absolute Gasteiger partial charge is 0.547 e. The first-order valence-electron chi connectivity index (χ1n) is 11.3. The highest BCUT2D eigenvalue weighted by Gasteiger charge is 2.45. The van der Waals surface area contributed by atoms with E-state index in [1.165, 1.54) is 23.6 Å². The average molecular weight is 498 g/mol. The third kappa shape index (κ3) is 4.50. The number of esters is 1. The first kappa shape index (κ1) is 25.1. The molecule has 0 radical (unpaired) electrons. The minimum Gasteiger partial charge on any atom is -0.547 e. The second kappa shape index (κ2) is 9.96. The van der Waals surface area contributed by atoms with Crippen LogP contribution in [0.3, 0.4) is 0 Å². The summed E-state index contributed by atoms with van der Waals surface area (Å²) in [6.07, 6.45) is -0.0611. The fourth-order valence-electron chi connectivity index (χ4n) is 4.83. The number of carboxylic acid groups (broad SMARTS) is 2. The van der Waals surface area contributed by atoms with Gasteiger partial charge in [-0.25, -0.2) is 14.2 Å². The van der Waals surface area contributed by atoms with E-state index in [-0.39, 0.29) is 23.9 Å². The highest BCUT2D eigenvalue weighted by atomic mass is 16.5. The number of aliphatic carboxylic acids is 2. The molecule has 11 nitrogen and oxygen atoms in total. The molecule has 4 unspecified atom stereocenters. The van der Waals surface area contributed by atoms with Crippen molar-refractivity contribution < 1.29 is 48.9 Å². The molecule has 0 aliphatic carbocycles. The van der Waals surface area contributed by atoms with E-state index in [9.17, 15) is 19.5 Å². The van der Waals surface area contributed by atoms with Crippen LogP contribution in [0.5, 0.6) is 0 Å². The van der Waals surface area contributed by atoms with Gasteiger partial charge < -0.3 is 39.7 Å². The molecule has 11 heteroatoms. The van der Waals surface area contributed by atoms with Crippen molar-refractivity contribution in [2.75, 3.05) is 7.11 Å². The van der Waals surface area contributed by atoms with E-state index in [2.05, 4.69) is 46.9 Å². The molecular formula is C25H26N2O9. The van der Waals surface area contributed by atoms with Gasteiger partial charge in [0.1, 0.15) is 17.7 Å². The lowest BCUT2D eigenvalue weighted by Gasteiger charge is -2.36. The van der Waals surface area contributed by atoms with Gasteiger partial charge in [0.05, 0.1) is 30.8 Å². The number of nitrogens with zero attached hydrogens (tertiary/aromatic N) is 1. The van der Waals surface area contributed by atoms with E-state index >= 15 is 0 Å². The van der Waals surface area contributed by atoms with Crippen LogP contribution in [0.4, 0.5) is 0 Å². The predicted octanol–water partition coefficient (Wildman–Crippen LogP) is -0.585.